The number of methoxy groups -OCH3 is 1. The van der Waals surface area contributed by atoms with Crippen LogP contribution in [0, 0.1) is 0 Å². The lowest BCUT2D eigenvalue weighted by Gasteiger charge is -2.23. The zero-order chi connectivity index (χ0) is 17.1. The first kappa shape index (κ1) is 15.8. The smallest absolute Gasteiger partial charge is 0.181 e. The van der Waals surface area contributed by atoms with Crippen LogP contribution in [0.25, 0.3) is 22.8 Å². The molecule has 0 aliphatic carbocycles. The summed E-state index contributed by atoms with van der Waals surface area (Å²) in [6, 6.07) is 18.0. The first-order valence-corrected chi connectivity index (χ1v) is 8.63. The van der Waals surface area contributed by atoms with Gasteiger partial charge in [0.1, 0.15) is 5.75 Å². The third kappa shape index (κ3) is 3.28. The van der Waals surface area contributed by atoms with E-state index in [1.54, 1.807) is 7.11 Å². The molecule has 0 radical (unpaired) electrons. The van der Waals surface area contributed by atoms with Gasteiger partial charge in [-0.1, -0.05) is 42.5 Å². The van der Waals surface area contributed by atoms with Crippen LogP contribution in [0.3, 0.4) is 0 Å². The summed E-state index contributed by atoms with van der Waals surface area (Å²) in [5, 5.41) is 4.78. The molecule has 1 aromatic heterocycles. The number of aromatic nitrogens is 3. The molecule has 1 aliphatic rings. The first-order chi connectivity index (χ1) is 12.3. The minimum Gasteiger partial charge on any atom is -0.497 e. The fourth-order valence-corrected chi connectivity index (χ4v) is 3.11. The molecule has 1 unspecified atom stereocenters. The number of nitrogens with zero attached hydrogens (tertiary/aromatic N) is 3. The van der Waals surface area contributed by atoms with Crippen molar-refractivity contribution in [2.45, 2.75) is 25.5 Å². The highest BCUT2D eigenvalue weighted by atomic mass is 16.5. The molecule has 1 atom stereocenters. The van der Waals surface area contributed by atoms with Gasteiger partial charge in [-0.2, -0.15) is 0 Å². The Hall–Kier alpha value is -2.66. The lowest BCUT2D eigenvalue weighted by molar-refractivity contribution is -0.0384. The van der Waals surface area contributed by atoms with Gasteiger partial charge in [0.25, 0.3) is 0 Å². The van der Waals surface area contributed by atoms with Gasteiger partial charge in [-0.25, -0.2) is 9.67 Å². The maximum atomic E-state index is 5.96. The van der Waals surface area contributed by atoms with Crippen molar-refractivity contribution < 1.29 is 9.47 Å². The maximum Gasteiger partial charge on any atom is 0.181 e. The molecular formula is C20H21N3O2. The molecule has 1 fully saturated rings. The van der Waals surface area contributed by atoms with Crippen LogP contribution in [-0.4, -0.2) is 28.5 Å². The summed E-state index contributed by atoms with van der Waals surface area (Å²) in [5.74, 6) is 2.33. The Bertz CT molecular complexity index is 839. The Morgan fingerprint density at radius 3 is 2.64 bits per heavy atom. The summed E-state index contributed by atoms with van der Waals surface area (Å²) in [4.78, 5) is 4.82. The number of ether oxygens (including phenoxy) is 2. The van der Waals surface area contributed by atoms with E-state index in [1.807, 2.05) is 59.3 Å². The maximum absolute atomic E-state index is 5.96. The molecule has 1 aliphatic heterocycles. The van der Waals surface area contributed by atoms with Crippen molar-refractivity contribution in [1.29, 1.82) is 0 Å². The third-order valence-corrected chi connectivity index (χ3v) is 4.42. The van der Waals surface area contributed by atoms with Crippen molar-refractivity contribution in [2.75, 3.05) is 13.7 Å². The molecule has 128 valence electrons. The van der Waals surface area contributed by atoms with Gasteiger partial charge in [-0.3, -0.25) is 0 Å². The van der Waals surface area contributed by atoms with Crippen molar-refractivity contribution in [3.63, 3.8) is 0 Å². The van der Waals surface area contributed by atoms with E-state index in [2.05, 4.69) is 0 Å². The van der Waals surface area contributed by atoms with Crippen molar-refractivity contribution in [3.05, 3.63) is 54.6 Å². The Morgan fingerprint density at radius 2 is 1.88 bits per heavy atom. The highest BCUT2D eigenvalue weighted by Gasteiger charge is 2.23. The Balaban J connectivity index is 1.81. The van der Waals surface area contributed by atoms with Gasteiger partial charge in [-0.15, -0.1) is 5.10 Å². The van der Waals surface area contributed by atoms with Crippen molar-refractivity contribution >= 4 is 0 Å². The molecule has 0 saturated carbocycles. The quantitative estimate of drug-likeness (QED) is 0.712. The van der Waals surface area contributed by atoms with E-state index in [-0.39, 0.29) is 6.23 Å². The van der Waals surface area contributed by atoms with E-state index in [1.165, 1.54) is 0 Å². The first-order valence-electron chi connectivity index (χ1n) is 8.63. The minimum absolute atomic E-state index is 0.0695. The lowest BCUT2D eigenvalue weighted by Crippen LogP contribution is -2.20. The molecule has 0 spiro atoms. The standard InChI is InChI=1S/C20H21N3O2/c1-24-17-11-7-10-16(14-17)20-21-19(15-8-3-2-4-9-15)22-23(20)18-12-5-6-13-25-18/h2-4,7-11,14,18H,5-6,12-13H2,1H3. The molecule has 0 N–H and O–H groups in total. The van der Waals surface area contributed by atoms with E-state index < -0.39 is 0 Å². The Morgan fingerprint density at radius 1 is 1.04 bits per heavy atom. The Kier molecular flexibility index (Phi) is 4.48. The number of hydrogen-bond donors (Lipinski definition) is 0. The summed E-state index contributed by atoms with van der Waals surface area (Å²) in [7, 11) is 1.67. The summed E-state index contributed by atoms with van der Waals surface area (Å²) >= 11 is 0. The van der Waals surface area contributed by atoms with Crippen LogP contribution in [0.15, 0.2) is 54.6 Å². The SMILES string of the molecule is COc1cccc(-c2nc(-c3ccccc3)nn2C2CCCCO2)c1. The highest BCUT2D eigenvalue weighted by Crippen LogP contribution is 2.31. The fourth-order valence-electron chi connectivity index (χ4n) is 3.11. The molecule has 5 heteroatoms. The van der Waals surface area contributed by atoms with Crippen LogP contribution >= 0.6 is 0 Å². The van der Waals surface area contributed by atoms with Crippen molar-refractivity contribution in [1.82, 2.24) is 14.8 Å². The second kappa shape index (κ2) is 7.07. The van der Waals surface area contributed by atoms with Gasteiger partial charge < -0.3 is 9.47 Å². The molecule has 0 amide bonds. The molecule has 0 bridgehead atoms. The largest absolute Gasteiger partial charge is 0.497 e. The van der Waals surface area contributed by atoms with Crippen molar-refractivity contribution in [3.8, 4) is 28.5 Å². The predicted molar refractivity (Wildman–Crippen MR) is 96.3 cm³/mol. The summed E-state index contributed by atoms with van der Waals surface area (Å²) in [6.07, 6.45) is 3.13. The van der Waals surface area contributed by atoms with Gasteiger partial charge in [0, 0.05) is 17.7 Å². The minimum atomic E-state index is -0.0695. The van der Waals surface area contributed by atoms with E-state index in [4.69, 9.17) is 19.6 Å². The van der Waals surface area contributed by atoms with Crippen LogP contribution in [0.5, 0.6) is 5.75 Å². The molecule has 1 saturated heterocycles. The second-order valence-electron chi connectivity index (χ2n) is 6.12. The molecule has 5 nitrogen and oxygen atoms in total. The highest BCUT2D eigenvalue weighted by molar-refractivity contribution is 5.63. The second-order valence-corrected chi connectivity index (χ2v) is 6.12. The van der Waals surface area contributed by atoms with E-state index in [0.29, 0.717) is 5.82 Å². The summed E-state index contributed by atoms with van der Waals surface area (Å²) in [6.45, 7) is 0.767. The molecule has 25 heavy (non-hydrogen) atoms. The van der Waals surface area contributed by atoms with E-state index in [9.17, 15) is 0 Å². The molecule has 3 aromatic rings. The summed E-state index contributed by atoms with van der Waals surface area (Å²) < 4.78 is 13.3. The van der Waals surface area contributed by atoms with Crippen molar-refractivity contribution in [2.24, 2.45) is 0 Å². The van der Waals surface area contributed by atoms with Gasteiger partial charge in [0.2, 0.25) is 0 Å². The van der Waals surface area contributed by atoms with Crippen LogP contribution in [-0.2, 0) is 4.74 Å². The molecule has 2 aromatic carbocycles. The fraction of sp³-hybridized carbons (Fsp3) is 0.300. The number of hydrogen-bond acceptors (Lipinski definition) is 4. The van der Waals surface area contributed by atoms with Crippen LogP contribution in [0.2, 0.25) is 0 Å². The van der Waals surface area contributed by atoms with Gasteiger partial charge in [0.05, 0.1) is 7.11 Å². The van der Waals surface area contributed by atoms with E-state index in [0.717, 1.165) is 48.6 Å². The van der Waals surface area contributed by atoms with E-state index >= 15 is 0 Å². The average molecular weight is 335 g/mol. The monoisotopic (exact) mass is 335 g/mol. The normalized spacial score (nSPS) is 17.4. The summed E-state index contributed by atoms with van der Waals surface area (Å²) in [5.41, 5.74) is 1.98. The topological polar surface area (TPSA) is 49.2 Å². The lowest BCUT2D eigenvalue weighted by atomic mass is 10.1. The van der Waals surface area contributed by atoms with Gasteiger partial charge in [0.15, 0.2) is 17.9 Å². The third-order valence-electron chi connectivity index (χ3n) is 4.42. The molecular weight excluding hydrogens is 314 g/mol. The van der Waals surface area contributed by atoms with Gasteiger partial charge in [-0.05, 0) is 31.4 Å². The number of rotatable bonds is 4. The van der Waals surface area contributed by atoms with Gasteiger partial charge >= 0.3 is 0 Å². The zero-order valence-electron chi connectivity index (χ0n) is 14.3. The predicted octanol–water partition coefficient (Wildman–Crippen LogP) is 4.32. The van der Waals surface area contributed by atoms with Crippen LogP contribution in [0.4, 0.5) is 0 Å². The number of benzene rings is 2. The average Bonchev–Trinajstić information content (AvgIpc) is 3.15. The van der Waals surface area contributed by atoms with Crippen LogP contribution in [0.1, 0.15) is 25.5 Å². The molecule has 4 rings (SSSR count). The zero-order valence-corrected chi connectivity index (χ0v) is 14.3. The van der Waals surface area contributed by atoms with Crippen LogP contribution < -0.4 is 4.74 Å². The molecule has 2 heterocycles. The Labute approximate surface area is 147 Å².